The second-order valence-electron chi connectivity index (χ2n) is 5.01. The first-order valence-corrected chi connectivity index (χ1v) is 6.53. The molecule has 5 N–H and O–H groups in total. The van der Waals surface area contributed by atoms with E-state index < -0.39 is 6.04 Å². The lowest BCUT2D eigenvalue weighted by atomic mass is 9.91. The molecule has 4 nitrogen and oxygen atoms in total. The van der Waals surface area contributed by atoms with Gasteiger partial charge in [-0.1, -0.05) is 30.3 Å². The van der Waals surface area contributed by atoms with Crippen LogP contribution in [0.1, 0.15) is 37.3 Å². The third-order valence-electron chi connectivity index (χ3n) is 3.56. The van der Waals surface area contributed by atoms with Crippen LogP contribution in [0.5, 0.6) is 0 Å². The number of hydrogen-bond acceptors (Lipinski definition) is 3. The van der Waals surface area contributed by atoms with E-state index in [9.17, 15) is 4.79 Å². The summed E-state index contributed by atoms with van der Waals surface area (Å²) in [5.74, 6) is -0.0957. The molecule has 98 valence electrons. The van der Waals surface area contributed by atoms with Crippen molar-refractivity contribution in [3.63, 3.8) is 0 Å². The molecule has 0 saturated heterocycles. The van der Waals surface area contributed by atoms with Gasteiger partial charge in [-0.05, 0) is 31.2 Å². The van der Waals surface area contributed by atoms with E-state index in [2.05, 4.69) is 5.32 Å². The van der Waals surface area contributed by atoms with Crippen molar-refractivity contribution in [3.05, 3.63) is 35.9 Å². The van der Waals surface area contributed by atoms with Gasteiger partial charge in [-0.15, -0.1) is 0 Å². The highest BCUT2D eigenvalue weighted by Gasteiger charge is 2.23. The molecule has 0 aliphatic heterocycles. The van der Waals surface area contributed by atoms with Crippen molar-refractivity contribution >= 4 is 5.91 Å². The van der Waals surface area contributed by atoms with Crippen molar-refractivity contribution in [3.8, 4) is 0 Å². The number of hydrogen-bond donors (Lipinski definition) is 3. The van der Waals surface area contributed by atoms with Gasteiger partial charge in [0.2, 0.25) is 5.91 Å². The minimum atomic E-state index is -0.582. The predicted octanol–water partition coefficient (Wildman–Crippen LogP) is 1.07. The zero-order chi connectivity index (χ0) is 13.0. The quantitative estimate of drug-likeness (QED) is 0.747. The number of carbonyl (C=O) groups is 1. The highest BCUT2D eigenvalue weighted by Crippen LogP contribution is 2.18. The predicted molar refractivity (Wildman–Crippen MR) is 71.7 cm³/mol. The van der Waals surface area contributed by atoms with Crippen LogP contribution >= 0.6 is 0 Å². The summed E-state index contributed by atoms with van der Waals surface area (Å²) in [5.41, 5.74) is 12.6. The Hall–Kier alpha value is -1.39. The Balaban J connectivity index is 1.88. The molecule has 4 heteroatoms. The van der Waals surface area contributed by atoms with Crippen LogP contribution in [0.2, 0.25) is 0 Å². The average molecular weight is 247 g/mol. The molecule has 0 bridgehead atoms. The Morgan fingerprint density at radius 2 is 1.78 bits per heavy atom. The van der Waals surface area contributed by atoms with Crippen LogP contribution in [0.25, 0.3) is 0 Å². The summed E-state index contributed by atoms with van der Waals surface area (Å²) in [5, 5.41) is 3.02. The first-order chi connectivity index (χ1) is 8.66. The highest BCUT2D eigenvalue weighted by atomic mass is 16.2. The standard InChI is InChI=1S/C14H21N3O/c15-11-6-8-12(9-7-11)17-14(18)13(16)10-4-2-1-3-5-10/h1-5,11-13H,6-9,15-16H2,(H,17,18)/t11?,12?,13-/m0/s1. The van der Waals surface area contributed by atoms with Gasteiger partial charge in [0, 0.05) is 12.1 Å². The lowest BCUT2D eigenvalue weighted by molar-refractivity contribution is -0.123. The van der Waals surface area contributed by atoms with E-state index in [-0.39, 0.29) is 11.9 Å². The summed E-state index contributed by atoms with van der Waals surface area (Å²) in [6.07, 6.45) is 3.86. The topological polar surface area (TPSA) is 81.1 Å². The average Bonchev–Trinajstić information content (AvgIpc) is 2.41. The van der Waals surface area contributed by atoms with Gasteiger partial charge in [-0.25, -0.2) is 0 Å². The van der Waals surface area contributed by atoms with Crippen LogP contribution in [0.15, 0.2) is 30.3 Å². The number of rotatable bonds is 3. The third-order valence-corrected chi connectivity index (χ3v) is 3.56. The van der Waals surface area contributed by atoms with Gasteiger partial charge in [0.1, 0.15) is 6.04 Å². The maximum Gasteiger partial charge on any atom is 0.241 e. The molecule has 18 heavy (non-hydrogen) atoms. The lowest BCUT2D eigenvalue weighted by Crippen LogP contribution is -2.44. The molecule has 1 fully saturated rings. The molecule has 1 amide bonds. The van der Waals surface area contributed by atoms with E-state index in [0.29, 0.717) is 6.04 Å². The first-order valence-electron chi connectivity index (χ1n) is 6.53. The summed E-state index contributed by atoms with van der Waals surface area (Å²) in [6.45, 7) is 0. The number of carbonyl (C=O) groups excluding carboxylic acids is 1. The summed E-state index contributed by atoms with van der Waals surface area (Å²) < 4.78 is 0. The van der Waals surface area contributed by atoms with E-state index in [1.54, 1.807) is 0 Å². The van der Waals surface area contributed by atoms with Crippen molar-refractivity contribution in [2.45, 2.75) is 43.8 Å². The maximum absolute atomic E-state index is 12.0. The lowest BCUT2D eigenvalue weighted by Gasteiger charge is -2.27. The molecule has 1 saturated carbocycles. The fourth-order valence-corrected chi connectivity index (χ4v) is 2.37. The maximum atomic E-state index is 12.0. The minimum Gasteiger partial charge on any atom is -0.352 e. The van der Waals surface area contributed by atoms with Crippen molar-refractivity contribution in [2.24, 2.45) is 11.5 Å². The van der Waals surface area contributed by atoms with Gasteiger partial charge in [0.15, 0.2) is 0 Å². The molecule has 1 aliphatic carbocycles. The van der Waals surface area contributed by atoms with Gasteiger partial charge in [0.25, 0.3) is 0 Å². The van der Waals surface area contributed by atoms with Crippen LogP contribution < -0.4 is 16.8 Å². The van der Waals surface area contributed by atoms with Gasteiger partial charge >= 0.3 is 0 Å². The summed E-state index contributed by atoms with van der Waals surface area (Å²) in [4.78, 5) is 12.0. The molecule has 1 aromatic rings. The zero-order valence-electron chi connectivity index (χ0n) is 10.5. The SMILES string of the molecule is NC1CCC(NC(=O)[C@@H](N)c2ccccc2)CC1. The summed E-state index contributed by atoms with van der Waals surface area (Å²) >= 11 is 0. The molecule has 1 aromatic carbocycles. The fourth-order valence-electron chi connectivity index (χ4n) is 2.37. The highest BCUT2D eigenvalue weighted by molar-refractivity contribution is 5.83. The Morgan fingerprint density at radius 1 is 1.17 bits per heavy atom. The fraction of sp³-hybridized carbons (Fsp3) is 0.500. The molecule has 1 atom stereocenters. The number of benzene rings is 1. The van der Waals surface area contributed by atoms with Gasteiger partial charge in [-0.3, -0.25) is 4.79 Å². The monoisotopic (exact) mass is 247 g/mol. The molecular weight excluding hydrogens is 226 g/mol. The van der Waals surface area contributed by atoms with Crippen molar-refractivity contribution in [2.75, 3.05) is 0 Å². The first kappa shape index (κ1) is 13.1. The van der Waals surface area contributed by atoms with Crippen molar-refractivity contribution < 1.29 is 4.79 Å². The molecule has 1 aliphatic rings. The second-order valence-corrected chi connectivity index (χ2v) is 5.01. The number of nitrogens with two attached hydrogens (primary N) is 2. The van der Waals surface area contributed by atoms with E-state index in [1.807, 2.05) is 30.3 Å². The van der Waals surface area contributed by atoms with Gasteiger partial charge in [-0.2, -0.15) is 0 Å². The molecule has 2 rings (SSSR count). The van der Waals surface area contributed by atoms with Crippen LogP contribution in [0.3, 0.4) is 0 Å². The largest absolute Gasteiger partial charge is 0.352 e. The third kappa shape index (κ3) is 3.31. The van der Waals surface area contributed by atoms with E-state index >= 15 is 0 Å². The van der Waals surface area contributed by atoms with Crippen molar-refractivity contribution in [1.29, 1.82) is 0 Å². The number of amides is 1. The molecule has 0 spiro atoms. The Morgan fingerprint density at radius 3 is 2.39 bits per heavy atom. The number of nitrogens with one attached hydrogen (secondary N) is 1. The Labute approximate surface area is 108 Å². The van der Waals surface area contributed by atoms with Gasteiger partial charge < -0.3 is 16.8 Å². The zero-order valence-corrected chi connectivity index (χ0v) is 10.5. The normalized spacial score (nSPS) is 25.4. The van der Waals surface area contributed by atoms with E-state index in [0.717, 1.165) is 31.2 Å². The Bertz CT molecular complexity index is 385. The molecule has 0 heterocycles. The second kappa shape index (κ2) is 5.98. The Kier molecular flexibility index (Phi) is 4.33. The van der Waals surface area contributed by atoms with E-state index in [1.165, 1.54) is 0 Å². The van der Waals surface area contributed by atoms with Gasteiger partial charge in [0.05, 0.1) is 0 Å². The van der Waals surface area contributed by atoms with Crippen LogP contribution in [-0.2, 0) is 4.79 Å². The smallest absolute Gasteiger partial charge is 0.241 e. The minimum absolute atomic E-state index is 0.0957. The van der Waals surface area contributed by atoms with Crippen LogP contribution in [0, 0.1) is 0 Å². The van der Waals surface area contributed by atoms with E-state index in [4.69, 9.17) is 11.5 Å². The molecule has 0 aromatic heterocycles. The van der Waals surface area contributed by atoms with Crippen LogP contribution in [-0.4, -0.2) is 18.0 Å². The molecule has 0 radical (unpaired) electrons. The van der Waals surface area contributed by atoms with Crippen molar-refractivity contribution in [1.82, 2.24) is 5.32 Å². The summed E-state index contributed by atoms with van der Waals surface area (Å²) in [7, 11) is 0. The molecule has 0 unspecified atom stereocenters. The van der Waals surface area contributed by atoms with Crippen LogP contribution in [0.4, 0.5) is 0 Å². The summed E-state index contributed by atoms with van der Waals surface area (Å²) in [6, 6.07) is 9.39. The molecular formula is C14H21N3O.